The first-order valence-corrected chi connectivity index (χ1v) is 15.1. The van der Waals surface area contributed by atoms with Gasteiger partial charge in [-0.15, -0.1) is 0 Å². The second-order valence-electron chi connectivity index (χ2n) is 11.8. The van der Waals surface area contributed by atoms with Crippen LogP contribution in [0.25, 0.3) is 22.3 Å². The Balaban J connectivity index is 0.00000600. The van der Waals surface area contributed by atoms with Crippen LogP contribution < -0.4 is 40.0 Å². The molecule has 11 heteroatoms. The van der Waals surface area contributed by atoms with E-state index >= 15 is 0 Å². The van der Waals surface area contributed by atoms with Gasteiger partial charge in [0.1, 0.15) is 11.5 Å². The predicted octanol–water partition coefficient (Wildman–Crippen LogP) is 1.68. The molecule has 0 radical (unpaired) electrons. The number of rotatable bonds is 13. The third-order valence-electron chi connectivity index (χ3n) is 7.69. The Labute approximate surface area is 296 Å². The van der Waals surface area contributed by atoms with Crippen LogP contribution in [-0.4, -0.2) is 63.8 Å². The summed E-state index contributed by atoms with van der Waals surface area (Å²) in [5.41, 5.74) is 4.77. The molecule has 0 fully saturated rings. The van der Waals surface area contributed by atoms with Crippen molar-refractivity contribution in [1.82, 2.24) is 9.47 Å². The van der Waals surface area contributed by atoms with E-state index in [-0.39, 0.29) is 60.8 Å². The van der Waals surface area contributed by atoms with Crippen LogP contribution in [0.3, 0.4) is 0 Å². The van der Waals surface area contributed by atoms with Crippen molar-refractivity contribution in [3.63, 3.8) is 0 Å². The molecule has 0 saturated heterocycles. The second-order valence-corrected chi connectivity index (χ2v) is 11.8. The summed E-state index contributed by atoms with van der Waals surface area (Å²) < 4.78 is 16.0. The van der Waals surface area contributed by atoms with Crippen LogP contribution in [0.4, 0.5) is 10.1 Å². The van der Waals surface area contributed by atoms with E-state index in [0.717, 1.165) is 5.56 Å². The molecule has 0 aliphatic rings. The number of aliphatic hydroxyl groups is 2. The van der Waals surface area contributed by atoms with E-state index in [1.165, 1.54) is 17.0 Å². The standard InChI is InChI=1S/C36H40FN3O6.Na/c1-22(2)40-30(19-18-28(41)20-29(42)21-31(43)44)32(24-10-14-26(37)15-11-24)33(23-8-6-5-7-9-23)34(40)35(45)38-27-16-12-25(13-17-27)36(46)39(3)4;/h5-17,22,28-29,41-42H,18-21H2,1-4H3,(H,38,45)(H,43,44);/q;+1/p-1/t28-,29-;/m1./s1. The van der Waals surface area contributed by atoms with E-state index in [1.54, 1.807) is 50.5 Å². The first-order chi connectivity index (χ1) is 21.9. The average molecular weight is 652 g/mol. The van der Waals surface area contributed by atoms with Gasteiger partial charge in [-0.25, -0.2) is 4.39 Å². The molecule has 0 saturated carbocycles. The molecule has 0 aliphatic heterocycles. The van der Waals surface area contributed by atoms with Gasteiger partial charge >= 0.3 is 29.6 Å². The van der Waals surface area contributed by atoms with Crippen molar-refractivity contribution in [2.24, 2.45) is 0 Å². The number of hydrogen-bond acceptors (Lipinski definition) is 6. The monoisotopic (exact) mass is 651 g/mol. The molecule has 0 spiro atoms. The Morgan fingerprint density at radius 1 is 0.872 bits per heavy atom. The number of amides is 2. The molecular weight excluding hydrogens is 612 g/mol. The first kappa shape index (κ1) is 37.7. The molecule has 9 nitrogen and oxygen atoms in total. The summed E-state index contributed by atoms with van der Waals surface area (Å²) in [5, 5.41) is 34.8. The van der Waals surface area contributed by atoms with Crippen LogP contribution >= 0.6 is 0 Å². The summed E-state index contributed by atoms with van der Waals surface area (Å²) in [6, 6.07) is 21.7. The predicted molar refractivity (Wildman–Crippen MR) is 173 cm³/mol. The summed E-state index contributed by atoms with van der Waals surface area (Å²) in [4.78, 5) is 39.1. The van der Waals surface area contributed by atoms with Crippen molar-refractivity contribution in [1.29, 1.82) is 0 Å². The Morgan fingerprint density at radius 3 is 2.02 bits per heavy atom. The number of halogens is 1. The van der Waals surface area contributed by atoms with E-state index in [9.17, 15) is 34.1 Å². The van der Waals surface area contributed by atoms with E-state index < -0.39 is 36.3 Å². The van der Waals surface area contributed by atoms with Gasteiger partial charge in [0.2, 0.25) is 0 Å². The van der Waals surface area contributed by atoms with Crippen molar-refractivity contribution in [3.8, 4) is 22.3 Å². The van der Waals surface area contributed by atoms with Gasteiger partial charge in [-0.05, 0) is 80.6 Å². The third-order valence-corrected chi connectivity index (χ3v) is 7.69. The number of aliphatic hydroxyl groups excluding tert-OH is 2. The molecule has 2 atom stereocenters. The van der Waals surface area contributed by atoms with E-state index in [1.807, 2.05) is 48.7 Å². The Hall–Kier alpha value is -3.80. The number of hydrogen-bond donors (Lipinski definition) is 3. The van der Waals surface area contributed by atoms with Gasteiger partial charge < -0.3 is 34.9 Å². The van der Waals surface area contributed by atoms with Crippen LogP contribution in [0.5, 0.6) is 0 Å². The molecule has 0 aliphatic carbocycles. The Kier molecular flexibility index (Phi) is 13.5. The minimum Gasteiger partial charge on any atom is -0.550 e. The molecule has 2 amide bonds. The maximum Gasteiger partial charge on any atom is 1.00 e. The summed E-state index contributed by atoms with van der Waals surface area (Å²) in [5.74, 6) is -2.39. The fourth-order valence-corrected chi connectivity index (χ4v) is 5.65. The molecule has 3 aromatic carbocycles. The topological polar surface area (TPSA) is 135 Å². The second kappa shape index (κ2) is 16.9. The number of benzene rings is 3. The van der Waals surface area contributed by atoms with Crippen LogP contribution in [0.15, 0.2) is 78.9 Å². The van der Waals surface area contributed by atoms with Crippen LogP contribution in [0.2, 0.25) is 0 Å². The van der Waals surface area contributed by atoms with E-state index in [4.69, 9.17) is 0 Å². The van der Waals surface area contributed by atoms with Crippen molar-refractivity contribution in [2.75, 3.05) is 19.4 Å². The SMILES string of the molecule is CC(C)n1c(CC[C@@H](O)C[C@@H](O)CC(=O)[O-])c(-c2ccc(F)cc2)c(-c2ccccc2)c1C(=O)Nc1ccc(C(=O)N(C)C)cc1.[Na+]. The van der Waals surface area contributed by atoms with Crippen LogP contribution in [0, 0.1) is 5.82 Å². The normalized spacial score (nSPS) is 12.3. The average Bonchev–Trinajstić information content (AvgIpc) is 3.36. The zero-order valence-electron chi connectivity index (χ0n) is 27.4. The zero-order chi connectivity index (χ0) is 33.5. The molecule has 4 rings (SSSR count). The van der Waals surface area contributed by atoms with Gasteiger partial charge in [-0.1, -0.05) is 42.5 Å². The number of carboxylic acids is 1. The minimum absolute atomic E-state index is 0. The summed E-state index contributed by atoms with van der Waals surface area (Å²) in [6.45, 7) is 3.87. The van der Waals surface area contributed by atoms with E-state index in [0.29, 0.717) is 39.3 Å². The van der Waals surface area contributed by atoms with Gasteiger partial charge in [0.25, 0.3) is 11.8 Å². The number of carbonyl (C=O) groups excluding carboxylic acids is 3. The molecule has 0 bridgehead atoms. The van der Waals surface area contributed by atoms with Crippen molar-refractivity contribution in [3.05, 3.63) is 102 Å². The number of carboxylic acid groups (broad SMARTS) is 1. The largest absolute Gasteiger partial charge is 1.00 e. The smallest absolute Gasteiger partial charge is 0.550 e. The number of aromatic nitrogens is 1. The quantitative estimate of drug-likeness (QED) is 0.189. The number of nitrogens with zero attached hydrogens (tertiary/aromatic N) is 2. The van der Waals surface area contributed by atoms with Gasteiger partial charge in [0, 0.05) is 60.6 Å². The molecule has 0 unspecified atom stereocenters. The fraction of sp³-hybridized carbons (Fsp3) is 0.306. The van der Waals surface area contributed by atoms with Gasteiger partial charge in [-0.2, -0.15) is 0 Å². The van der Waals surface area contributed by atoms with Gasteiger partial charge in [-0.3, -0.25) is 9.59 Å². The number of aliphatic carboxylic acids is 1. The molecule has 4 aromatic rings. The number of anilines is 1. The third kappa shape index (κ3) is 9.39. The number of nitrogens with one attached hydrogen (secondary N) is 1. The molecule has 47 heavy (non-hydrogen) atoms. The van der Waals surface area contributed by atoms with Crippen molar-refractivity contribution in [2.45, 2.75) is 57.8 Å². The minimum atomic E-state index is -1.41. The zero-order valence-corrected chi connectivity index (χ0v) is 29.4. The van der Waals surface area contributed by atoms with E-state index in [2.05, 4.69) is 5.32 Å². The summed E-state index contributed by atoms with van der Waals surface area (Å²) >= 11 is 0. The molecule has 1 heterocycles. The fourth-order valence-electron chi connectivity index (χ4n) is 5.65. The van der Waals surface area contributed by atoms with Crippen molar-refractivity contribution >= 4 is 23.5 Å². The molecule has 1 aromatic heterocycles. The molecule has 3 N–H and O–H groups in total. The Morgan fingerprint density at radius 2 is 1.47 bits per heavy atom. The van der Waals surface area contributed by atoms with Crippen molar-refractivity contribution < 1.29 is 63.7 Å². The maximum absolute atomic E-state index is 14.3. The molecule has 242 valence electrons. The number of carbonyl (C=O) groups is 3. The molecular formula is C36H39FN3NaO6. The van der Waals surface area contributed by atoms with Gasteiger partial charge in [0.15, 0.2) is 0 Å². The summed E-state index contributed by atoms with van der Waals surface area (Å²) in [6.07, 6.45) is -2.63. The summed E-state index contributed by atoms with van der Waals surface area (Å²) in [7, 11) is 3.32. The Bertz CT molecular complexity index is 1670. The van der Waals surface area contributed by atoms with Gasteiger partial charge in [0.05, 0.1) is 12.2 Å². The maximum atomic E-state index is 14.3. The van der Waals surface area contributed by atoms with Crippen LogP contribution in [-0.2, 0) is 11.2 Å². The van der Waals surface area contributed by atoms with Crippen LogP contribution in [0.1, 0.15) is 65.7 Å². The first-order valence-electron chi connectivity index (χ1n) is 15.1.